The van der Waals surface area contributed by atoms with Crippen LogP contribution in [-0.2, 0) is 14.3 Å². The number of likely N-dealkylation sites (tertiary alicyclic amines) is 1. The van der Waals surface area contributed by atoms with Gasteiger partial charge < -0.3 is 10.5 Å². The molecule has 0 aromatic carbocycles. The molecule has 0 aliphatic carbocycles. The lowest BCUT2D eigenvalue weighted by Gasteiger charge is -2.42. The van der Waals surface area contributed by atoms with Crippen LogP contribution in [0.1, 0.15) is 33.1 Å². The number of fused-ring (bicyclic) bond motifs is 2. The molecule has 2 amide bonds. The minimum absolute atomic E-state index is 0.169. The number of amides is 2. The Labute approximate surface area is 105 Å². The molecular formula is C11H16N2O3S. The Hall–Kier alpha value is -1.01. The highest BCUT2D eigenvalue weighted by molar-refractivity contribution is 7.80. The van der Waals surface area contributed by atoms with Gasteiger partial charge in [0.1, 0.15) is 12.2 Å². The van der Waals surface area contributed by atoms with Gasteiger partial charge in [0.2, 0.25) is 0 Å². The van der Waals surface area contributed by atoms with Gasteiger partial charge in [-0.05, 0) is 26.2 Å². The van der Waals surface area contributed by atoms with E-state index in [0.29, 0.717) is 19.3 Å². The van der Waals surface area contributed by atoms with Crippen LogP contribution in [0.4, 0.5) is 0 Å². The van der Waals surface area contributed by atoms with Crippen molar-refractivity contribution in [3.8, 4) is 0 Å². The van der Waals surface area contributed by atoms with Crippen LogP contribution >= 0.6 is 12.2 Å². The van der Waals surface area contributed by atoms with Gasteiger partial charge in [-0.3, -0.25) is 14.5 Å². The lowest BCUT2D eigenvalue weighted by atomic mass is 9.94. The smallest absolute Gasteiger partial charge is 0.259 e. The first kappa shape index (κ1) is 12.4. The monoisotopic (exact) mass is 256 g/mol. The molecular weight excluding hydrogens is 240 g/mol. The maximum absolute atomic E-state index is 12.2. The van der Waals surface area contributed by atoms with Gasteiger partial charge in [-0.25, -0.2) is 0 Å². The molecule has 3 unspecified atom stereocenters. The third-order valence-corrected chi connectivity index (χ3v) is 4.16. The summed E-state index contributed by atoms with van der Waals surface area (Å²) in [6, 6.07) is 0. The Morgan fingerprint density at radius 1 is 1.47 bits per heavy atom. The molecule has 94 valence electrons. The van der Waals surface area contributed by atoms with E-state index in [9.17, 15) is 9.59 Å². The third kappa shape index (κ3) is 1.66. The van der Waals surface area contributed by atoms with Crippen LogP contribution in [0.3, 0.4) is 0 Å². The van der Waals surface area contributed by atoms with E-state index in [4.69, 9.17) is 22.7 Å². The maximum atomic E-state index is 12.2. The number of rotatable bonds is 3. The van der Waals surface area contributed by atoms with Crippen molar-refractivity contribution in [2.45, 2.75) is 50.9 Å². The van der Waals surface area contributed by atoms with Gasteiger partial charge in [0, 0.05) is 0 Å². The van der Waals surface area contributed by atoms with Crippen molar-refractivity contribution >= 4 is 29.0 Å². The molecule has 6 heteroatoms. The Morgan fingerprint density at radius 2 is 1.94 bits per heavy atom. The van der Waals surface area contributed by atoms with E-state index in [1.54, 1.807) is 6.92 Å². The number of hydrogen-bond donors (Lipinski definition) is 1. The van der Waals surface area contributed by atoms with Crippen LogP contribution < -0.4 is 5.73 Å². The van der Waals surface area contributed by atoms with Gasteiger partial charge in [0.05, 0.1) is 10.5 Å². The highest BCUT2D eigenvalue weighted by Crippen LogP contribution is 2.34. The van der Waals surface area contributed by atoms with E-state index in [1.165, 1.54) is 4.90 Å². The van der Waals surface area contributed by atoms with Crippen molar-refractivity contribution in [1.82, 2.24) is 4.90 Å². The average molecular weight is 256 g/mol. The summed E-state index contributed by atoms with van der Waals surface area (Å²) in [4.78, 5) is 25.7. The summed E-state index contributed by atoms with van der Waals surface area (Å²) in [6.07, 6.45) is 0.709. The van der Waals surface area contributed by atoms with E-state index < -0.39 is 17.7 Å². The molecule has 2 heterocycles. The lowest BCUT2D eigenvalue weighted by Crippen LogP contribution is -2.65. The first-order valence-corrected chi connectivity index (χ1v) is 6.16. The van der Waals surface area contributed by atoms with E-state index in [-0.39, 0.29) is 16.8 Å². The zero-order valence-electron chi connectivity index (χ0n) is 9.93. The zero-order chi connectivity index (χ0) is 12.8. The standard InChI is InChI=1S/C11H16N2O3S/c1-3-11(2,10(12)17)13-8(14)6-4-5-7(16-6)9(13)15/h6-7H,3-5H2,1-2H3,(H2,12,17). The summed E-state index contributed by atoms with van der Waals surface area (Å²) >= 11 is 5.00. The van der Waals surface area contributed by atoms with E-state index in [1.807, 2.05) is 6.92 Å². The third-order valence-electron chi connectivity index (χ3n) is 3.72. The van der Waals surface area contributed by atoms with Crippen LogP contribution in [0.5, 0.6) is 0 Å². The number of nitrogens with zero attached hydrogens (tertiary/aromatic N) is 1. The second-order valence-electron chi connectivity index (χ2n) is 4.69. The average Bonchev–Trinajstić information content (AvgIpc) is 2.73. The van der Waals surface area contributed by atoms with E-state index >= 15 is 0 Å². The molecule has 3 atom stereocenters. The van der Waals surface area contributed by atoms with Gasteiger partial charge in [-0.15, -0.1) is 0 Å². The quantitative estimate of drug-likeness (QED) is 0.583. The molecule has 2 rings (SSSR count). The molecule has 0 aromatic heterocycles. The van der Waals surface area contributed by atoms with Crippen molar-refractivity contribution in [2.24, 2.45) is 5.73 Å². The molecule has 5 nitrogen and oxygen atoms in total. The van der Waals surface area contributed by atoms with Crippen molar-refractivity contribution in [3.05, 3.63) is 0 Å². The minimum Gasteiger partial charge on any atom is -0.391 e. The number of hydrogen-bond acceptors (Lipinski definition) is 4. The Morgan fingerprint density at radius 3 is 2.29 bits per heavy atom. The molecule has 0 aromatic rings. The fraction of sp³-hybridized carbons (Fsp3) is 0.727. The van der Waals surface area contributed by atoms with Crippen molar-refractivity contribution in [3.63, 3.8) is 0 Å². The van der Waals surface area contributed by atoms with Gasteiger partial charge >= 0.3 is 0 Å². The van der Waals surface area contributed by atoms with Gasteiger partial charge in [0.25, 0.3) is 11.8 Å². The first-order valence-electron chi connectivity index (χ1n) is 5.75. The molecule has 0 spiro atoms. The molecule has 17 heavy (non-hydrogen) atoms. The molecule has 0 saturated carbocycles. The summed E-state index contributed by atoms with van der Waals surface area (Å²) in [6.45, 7) is 3.59. The fourth-order valence-corrected chi connectivity index (χ4v) is 2.56. The fourth-order valence-electron chi connectivity index (χ4n) is 2.33. The van der Waals surface area contributed by atoms with Crippen LogP contribution in [0.25, 0.3) is 0 Å². The Bertz CT molecular complexity index is 376. The Balaban J connectivity index is 2.40. The van der Waals surface area contributed by atoms with Gasteiger partial charge in [-0.2, -0.15) is 0 Å². The second-order valence-corrected chi connectivity index (χ2v) is 5.13. The number of carbonyl (C=O) groups excluding carboxylic acids is 2. The minimum atomic E-state index is -0.881. The zero-order valence-corrected chi connectivity index (χ0v) is 10.8. The van der Waals surface area contributed by atoms with Crippen molar-refractivity contribution < 1.29 is 14.3 Å². The Kier molecular flexibility index (Phi) is 2.95. The summed E-state index contributed by atoms with van der Waals surface area (Å²) in [5.41, 5.74) is 4.81. The van der Waals surface area contributed by atoms with Crippen molar-refractivity contribution in [2.75, 3.05) is 0 Å². The summed E-state index contributed by atoms with van der Waals surface area (Å²) in [7, 11) is 0. The maximum Gasteiger partial charge on any atom is 0.259 e. The number of morpholine rings is 1. The molecule has 2 aliphatic heterocycles. The molecule has 2 aliphatic rings. The number of carbonyl (C=O) groups is 2. The number of nitrogens with two attached hydrogens (primary N) is 1. The summed E-state index contributed by atoms with van der Waals surface area (Å²) in [5.74, 6) is -0.609. The number of imide groups is 1. The van der Waals surface area contributed by atoms with Crippen molar-refractivity contribution in [1.29, 1.82) is 0 Å². The molecule has 2 fully saturated rings. The van der Waals surface area contributed by atoms with Crippen LogP contribution in [-0.4, -0.2) is 39.4 Å². The predicted molar refractivity (Wildman–Crippen MR) is 65.2 cm³/mol. The van der Waals surface area contributed by atoms with Crippen LogP contribution in [0.2, 0.25) is 0 Å². The van der Waals surface area contributed by atoms with Crippen LogP contribution in [0.15, 0.2) is 0 Å². The van der Waals surface area contributed by atoms with Gasteiger partial charge in [0.15, 0.2) is 0 Å². The molecule has 2 N–H and O–H groups in total. The number of thiocarbonyl (C=S) groups is 1. The largest absolute Gasteiger partial charge is 0.391 e. The molecule has 2 saturated heterocycles. The molecule has 0 radical (unpaired) electrons. The van der Waals surface area contributed by atoms with Crippen LogP contribution in [0, 0.1) is 0 Å². The number of ether oxygens (including phenoxy) is 1. The highest BCUT2D eigenvalue weighted by atomic mass is 32.1. The lowest BCUT2D eigenvalue weighted by molar-refractivity contribution is -0.173. The normalized spacial score (nSPS) is 31.5. The summed E-state index contributed by atoms with van der Waals surface area (Å²) < 4.78 is 5.35. The molecule has 2 bridgehead atoms. The van der Waals surface area contributed by atoms with E-state index in [0.717, 1.165) is 0 Å². The predicted octanol–water partition coefficient (Wildman–Crippen LogP) is 0.358. The second kappa shape index (κ2) is 4.03. The SMILES string of the molecule is CCC(C)(C(N)=S)N1C(=O)C2CCC(O2)C1=O. The summed E-state index contributed by atoms with van der Waals surface area (Å²) in [5, 5.41) is 0. The first-order chi connectivity index (χ1) is 7.91. The van der Waals surface area contributed by atoms with E-state index in [2.05, 4.69) is 0 Å². The van der Waals surface area contributed by atoms with Gasteiger partial charge in [-0.1, -0.05) is 19.1 Å². The topological polar surface area (TPSA) is 72.6 Å². The highest BCUT2D eigenvalue weighted by Gasteiger charge is 2.53.